The smallest absolute Gasteiger partial charge is 0.0625 e. The fourth-order valence-corrected chi connectivity index (χ4v) is 1.86. The van der Waals surface area contributed by atoms with E-state index >= 15 is 0 Å². The summed E-state index contributed by atoms with van der Waals surface area (Å²) in [5.74, 6) is 0. The number of nitrogens with one attached hydrogen (secondary N) is 1. The second-order valence-electron chi connectivity index (χ2n) is 4.58. The summed E-state index contributed by atoms with van der Waals surface area (Å²) in [6.45, 7) is 9.77. The molecule has 16 heavy (non-hydrogen) atoms. The molecule has 0 radical (unpaired) electrons. The summed E-state index contributed by atoms with van der Waals surface area (Å²) in [6.07, 6.45) is 5.53. The summed E-state index contributed by atoms with van der Waals surface area (Å²) in [4.78, 5) is 0. The Morgan fingerprint density at radius 3 is 2.62 bits per heavy atom. The Balaban J connectivity index is 2.41. The highest BCUT2D eigenvalue weighted by atomic mass is 15.3. The minimum atomic E-state index is 0.462. The molecule has 0 aliphatic rings. The van der Waals surface area contributed by atoms with Gasteiger partial charge in [0, 0.05) is 18.3 Å². The summed E-state index contributed by atoms with van der Waals surface area (Å²) >= 11 is 0. The van der Waals surface area contributed by atoms with Crippen molar-refractivity contribution >= 4 is 0 Å². The molecule has 0 aliphatic heterocycles. The van der Waals surface area contributed by atoms with E-state index in [4.69, 9.17) is 0 Å². The minimum absolute atomic E-state index is 0.462. The van der Waals surface area contributed by atoms with E-state index in [0.717, 1.165) is 13.0 Å². The number of hydrogen-bond donors (Lipinski definition) is 1. The highest BCUT2D eigenvalue weighted by Crippen LogP contribution is 2.08. The van der Waals surface area contributed by atoms with Gasteiger partial charge in [0.25, 0.3) is 0 Å². The Kier molecular flexibility index (Phi) is 5.53. The van der Waals surface area contributed by atoms with Crippen molar-refractivity contribution < 1.29 is 0 Å². The van der Waals surface area contributed by atoms with Crippen LogP contribution in [-0.2, 0) is 6.42 Å². The number of hydrogen-bond acceptors (Lipinski definition) is 2. The molecule has 1 aromatic rings. The third kappa shape index (κ3) is 3.97. The Labute approximate surface area is 99.2 Å². The highest BCUT2D eigenvalue weighted by Gasteiger charge is 2.07. The van der Waals surface area contributed by atoms with Gasteiger partial charge in [0.2, 0.25) is 0 Å². The van der Waals surface area contributed by atoms with Crippen LogP contribution in [0.5, 0.6) is 0 Å². The van der Waals surface area contributed by atoms with Crippen LogP contribution < -0.4 is 5.32 Å². The van der Waals surface area contributed by atoms with Gasteiger partial charge in [-0.1, -0.05) is 13.8 Å². The lowest BCUT2D eigenvalue weighted by molar-refractivity contribution is 0.473. The van der Waals surface area contributed by atoms with Gasteiger partial charge in [-0.15, -0.1) is 0 Å². The summed E-state index contributed by atoms with van der Waals surface area (Å²) in [7, 11) is 0. The van der Waals surface area contributed by atoms with E-state index in [1.807, 2.05) is 4.68 Å². The molecule has 0 saturated carbocycles. The summed E-state index contributed by atoms with van der Waals surface area (Å²) < 4.78 is 2.03. The quantitative estimate of drug-likeness (QED) is 0.770. The highest BCUT2D eigenvalue weighted by molar-refractivity contribution is 5.00. The molecule has 1 N–H and O–H groups in total. The maximum absolute atomic E-state index is 4.57. The van der Waals surface area contributed by atoms with Crippen LogP contribution in [0.4, 0.5) is 0 Å². The SMILES string of the molecule is CCNC(CC)CCc1ccn(C(C)C)n1. The molecule has 0 amide bonds. The normalized spacial score (nSPS) is 13.3. The van der Waals surface area contributed by atoms with E-state index in [-0.39, 0.29) is 0 Å². The van der Waals surface area contributed by atoms with Crippen molar-refractivity contribution in [2.45, 2.75) is 59.0 Å². The van der Waals surface area contributed by atoms with Crippen LogP contribution in [0.1, 0.15) is 52.3 Å². The third-order valence-electron chi connectivity index (χ3n) is 2.93. The first-order chi connectivity index (χ1) is 7.67. The van der Waals surface area contributed by atoms with Crippen LogP contribution in [0.2, 0.25) is 0 Å². The standard InChI is InChI=1S/C13H25N3/c1-5-12(14-6-2)7-8-13-9-10-16(15-13)11(3)4/h9-12,14H,5-8H2,1-4H3. The van der Waals surface area contributed by atoms with Crippen LogP contribution in [0, 0.1) is 0 Å². The average Bonchev–Trinajstić information content (AvgIpc) is 2.73. The molecule has 3 heteroatoms. The van der Waals surface area contributed by atoms with E-state index in [2.05, 4.69) is 50.4 Å². The second kappa shape index (κ2) is 6.69. The second-order valence-corrected chi connectivity index (χ2v) is 4.58. The van der Waals surface area contributed by atoms with Crippen LogP contribution in [0.15, 0.2) is 12.3 Å². The fourth-order valence-electron chi connectivity index (χ4n) is 1.86. The zero-order valence-corrected chi connectivity index (χ0v) is 11.0. The van der Waals surface area contributed by atoms with E-state index < -0.39 is 0 Å². The van der Waals surface area contributed by atoms with Crippen LogP contribution >= 0.6 is 0 Å². The summed E-state index contributed by atoms with van der Waals surface area (Å²) in [5, 5.41) is 8.06. The van der Waals surface area contributed by atoms with Gasteiger partial charge < -0.3 is 5.32 Å². The van der Waals surface area contributed by atoms with Gasteiger partial charge in [0.05, 0.1) is 5.69 Å². The molecule has 0 aromatic carbocycles. The molecule has 0 aliphatic carbocycles. The Morgan fingerprint density at radius 2 is 2.12 bits per heavy atom. The summed E-state index contributed by atoms with van der Waals surface area (Å²) in [5.41, 5.74) is 1.21. The Bertz CT molecular complexity index is 291. The van der Waals surface area contributed by atoms with Gasteiger partial charge in [-0.05, 0) is 45.7 Å². The first-order valence-electron chi connectivity index (χ1n) is 6.44. The molecule has 1 unspecified atom stereocenters. The molecule has 0 fully saturated rings. The molecular weight excluding hydrogens is 198 g/mol. The Morgan fingerprint density at radius 1 is 1.38 bits per heavy atom. The first kappa shape index (κ1) is 13.2. The van der Waals surface area contributed by atoms with Crippen molar-refractivity contribution in [3.05, 3.63) is 18.0 Å². The largest absolute Gasteiger partial charge is 0.314 e. The maximum Gasteiger partial charge on any atom is 0.0625 e. The first-order valence-corrected chi connectivity index (χ1v) is 6.44. The van der Waals surface area contributed by atoms with Crippen molar-refractivity contribution in [1.29, 1.82) is 0 Å². The zero-order valence-electron chi connectivity index (χ0n) is 11.0. The van der Waals surface area contributed by atoms with E-state index in [1.54, 1.807) is 0 Å². The van der Waals surface area contributed by atoms with Crippen molar-refractivity contribution in [2.24, 2.45) is 0 Å². The van der Waals surface area contributed by atoms with E-state index in [9.17, 15) is 0 Å². The van der Waals surface area contributed by atoms with Crippen LogP contribution in [-0.4, -0.2) is 22.4 Å². The molecule has 1 rings (SSSR count). The van der Waals surface area contributed by atoms with Crippen molar-refractivity contribution in [3.8, 4) is 0 Å². The van der Waals surface area contributed by atoms with Crippen LogP contribution in [0.3, 0.4) is 0 Å². The predicted molar refractivity (Wildman–Crippen MR) is 68.7 cm³/mol. The number of rotatable bonds is 7. The molecule has 1 heterocycles. The van der Waals surface area contributed by atoms with Gasteiger partial charge in [-0.25, -0.2) is 0 Å². The van der Waals surface area contributed by atoms with E-state index in [1.165, 1.54) is 18.5 Å². The lowest BCUT2D eigenvalue weighted by Crippen LogP contribution is -2.28. The monoisotopic (exact) mass is 223 g/mol. The van der Waals surface area contributed by atoms with Gasteiger partial charge in [0.15, 0.2) is 0 Å². The molecular formula is C13H25N3. The van der Waals surface area contributed by atoms with Gasteiger partial charge in [-0.3, -0.25) is 4.68 Å². The fraction of sp³-hybridized carbons (Fsp3) is 0.769. The summed E-state index contributed by atoms with van der Waals surface area (Å²) in [6, 6.07) is 3.23. The molecule has 3 nitrogen and oxygen atoms in total. The van der Waals surface area contributed by atoms with Crippen molar-refractivity contribution in [3.63, 3.8) is 0 Å². The molecule has 0 spiro atoms. The molecule has 0 bridgehead atoms. The van der Waals surface area contributed by atoms with Crippen LogP contribution in [0.25, 0.3) is 0 Å². The maximum atomic E-state index is 4.57. The minimum Gasteiger partial charge on any atom is -0.314 e. The molecule has 0 saturated heterocycles. The topological polar surface area (TPSA) is 29.9 Å². The number of aromatic nitrogens is 2. The van der Waals surface area contributed by atoms with E-state index in [0.29, 0.717) is 12.1 Å². The van der Waals surface area contributed by atoms with Crippen molar-refractivity contribution in [1.82, 2.24) is 15.1 Å². The van der Waals surface area contributed by atoms with Crippen molar-refractivity contribution in [2.75, 3.05) is 6.54 Å². The molecule has 1 atom stereocenters. The zero-order chi connectivity index (χ0) is 12.0. The van der Waals surface area contributed by atoms with Gasteiger partial charge in [-0.2, -0.15) is 5.10 Å². The number of aryl methyl sites for hydroxylation is 1. The lowest BCUT2D eigenvalue weighted by atomic mass is 10.1. The van der Waals surface area contributed by atoms with Gasteiger partial charge >= 0.3 is 0 Å². The molecule has 92 valence electrons. The Hall–Kier alpha value is -0.830. The van der Waals surface area contributed by atoms with Gasteiger partial charge in [0.1, 0.15) is 0 Å². The third-order valence-corrected chi connectivity index (χ3v) is 2.93. The molecule has 1 aromatic heterocycles. The lowest BCUT2D eigenvalue weighted by Gasteiger charge is -2.14. The number of nitrogens with zero attached hydrogens (tertiary/aromatic N) is 2. The predicted octanol–water partition coefficient (Wildman–Crippen LogP) is 2.78. The average molecular weight is 223 g/mol.